The maximum atomic E-state index is 12.7. The monoisotopic (exact) mass is 361 g/mol. The highest BCUT2D eigenvalue weighted by Crippen LogP contribution is 2.35. The van der Waals surface area contributed by atoms with Crippen molar-refractivity contribution in [1.82, 2.24) is 0 Å². The normalized spacial score (nSPS) is 11.4. The van der Waals surface area contributed by atoms with Crippen molar-refractivity contribution in [2.45, 2.75) is 12.7 Å². The summed E-state index contributed by atoms with van der Waals surface area (Å²) in [5.74, 6) is -0.578. The Kier molecular flexibility index (Phi) is 4.32. The number of nitrogens with one attached hydrogen (secondary N) is 1. The molecule has 0 fully saturated rings. The molecule has 0 atom stereocenters. The highest BCUT2D eigenvalue weighted by atomic mass is 79.9. The summed E-state index contributed by atoms with van der Waals surface area (Å²) in [7, 11) is 0. The van der Waals surface area contributed by atoms with Crippen molar-refractivity contribution in [3.63, 3.8) is 0 Å². The molecule has 0 aromatic heterocycles. The van der Waals surface area contributed by atoms with Crippen LogP contribution in [0.1, 0.15) is 11.1 Å². The molecule has 0 aliphatic rings. The topological polar surface area (TPSA) is 52.5 Å². The lowest BCUT2D eigenvalue weighted by atomic mass is 10.1. The maximum absolute atomic E-state index is 12.7. The lowest BCUT2D eigenvalue weighted by Crippen LogP contribution is -2.07. The highest BCUT2D eigenvalue weighted by Gasteiger charge is 2.30. The molecule has 0 aliphatic carbocycles. The molecule has 0 saturated heterocycles. The van der Waals surface area contributed by atoms with Crippen molar-refractivity contribution in [3.05, 3.63) is 52.0 Å². The molecule has 0 heterocycles. The fourth-order valence-corrected chi connectivity index (χ4v) is 2.13. The Labute approximate surface area is 127 Å². The number of para-hydroxylation sites is 1. The van der Waals surface area contributed by atoms with Gasteiger partial charge in [-0.25, -0.2) is 0 Å². The predicted octanol–water partition coefficient (Wildman–Crippen LogP) is 4.49. The van der Waals surface area contributed by atoms with Crippen LogP contribution in [0.5, 0.6) is 11.5 Å². The molecule has 3 nitrogen and oxygen atoms in total. The van der Waals surface area contributed by atoms with Crippen LogP contribution in [0.15, 0.2) is 40.9 Å². The quantitative estimate of drug-likeness (QED) is 0.706. The van der Waals surface area contributed by atoms with E-state index in [9.17, 15) is 23.4 Å². The van der Waals surface area contributed by atoms with E-state index in [0.717, 1.165) is 12.1 Å². The van der Waals surface area contributed by atoms with Crippen LogP contribution in [0.2, 0.25) is 0 Å². The predicted molar refractivity (Wildman–Crippen MR) is 76.2 cm³/mol. The third-order valence-electron chi connectivity index (χ3n) is 2.86. The Morgan fingerprint density at radius 3 is 2.48 bits per heavy atom. The third kappa shape index (κ3) is 3.60. The Morgan fingerprint density at radius 1 is 1.10 bits per heavy atom. The molecule has 0 spiro atoms. The molecule has 2 rings (SSSR count). The van der Waals surface area contributed by atoms with Gasteiger partial charge in [-0.05, 0) is 40.2 Å². The second-order valence-electron chi connectivity index (χ2n) is 4.33. The fraction of sp³-hybridized carbons (Fsp3) is 0.143. The van der Waals surface area contributed by atoms with Crippen LogP contribution in [0.3, 0.4) is 0 Å². The molecule has 112 valence electrons. The Bertz CT molecular complexity index is 659. The van der Waals surface area contributed by atoms with Gasteiger partial charge in [0.15, 0.2) is 11.5 Å². The number of halogens is 4. The molecule has 0 radical (unpaired) electrons. The molecular formula is C14H11BrF3NO2. The van der Waals surface area contributed by atoms with Crippen molar-refractivity contribution >= 4 is 21.6 Å². The van der Waals surface area contributed by atoms with Gasteiger partial charge in [0.1, 0.15) is 0 Å². The molecule has 7 heteroatoms. The van der Waals surface area contributed by atoms with Crippen molar-refractivity contribution < 1.29 is 23.4 Å². The molecular weight excluding hydrogens is 351 g/mol. The summed E-state index contributed by atoms with van der Waals surface area (Å²) in [5, 5.41) is 21.8. The Balaban J connectivity index is 2.22. The number of hydrogen-bond donors (Lipinski definition) is 3. The number of phenolic OH excluding ortho intramolecular Hbond substituents is 2. The SMILES string of the molecule is Oc1cccc(CNc2cc(C(F)(F)F)ccc2Br)c1O. The summed E-state index contributed by atoms with van der Waals surface area (Å²) in [6.45, 7) is 0.0696. The van der Waals surface area contributed by atoms with Gasteiger partial charge in [-0.1, -0.05) is 12.1 Å². The minimum Gasteiger partial charge on any atom is -0.504 e. The van der Waals surface area contributed by atoms with Gasteiger partial charge in [0, 0.05) is 22.3 Å². The third-order valence-corrected chi connectivity index (χ3v) is 3.55. The first kappa shape index (κ1) is 15.5. The van der Waals surface area contributed by atoms with E-state index in [1.807, 2.05) is 0 Å². The molecule has 0 saturated carbocycles. The van der Waals surface area contributed by atoms with E-state index in [1.54, 1.807) is 6.07 Å². The maximum Gasteiger partial charge on any atom is 0.416 e. The van der Waals surface area contributed by atoms with Gasteiger partial charge in [0.2, 0.25) is 0 Å². The number of phenols is 2. The van der Waals surface area contributed by atoms with Gasteiger partial charge in [-0.15, -0.1) is 0 Å². The van der Waals surface area contributed by atoms with E-state index in [-0.39, 0.29) is 23.7 Å². The van der Waals surface area contributed by atoms with E-state index < -0.39 is 11.7 Å². The summed E-state index contributed by atoms with van der Waals surface area (Å²) in [6.07, 6.45) is -4.43. The lowest BCUT2D eigenvalue weighted by Gasteiger charge is -2.13. The van der Waals surface area contributed by atoms with E-state index in [2.05, 4.69) is 21.2 Å². The summed E-state index contributed by atoms with van der Waals surface area (Å²) in [4.78, 5) is 0. The Hall–Kier alpha value is -1.89. The number of alkyl halides is 3. The average Bonchev–Trinajstić information content (AvgIpc) is 2.40. The number of benzene rings is 2. The first-order valence-corrected chi connectivity index (χ1v) is 6.69. The van der Waals surface area contributed by atoms with Crippen LogP contribution >= 0.6 is 15.9 Å². The van der Waals surface area contributed by atoms with Crippen molar-refractivity contribution in [2.24, 2.45) is 0 Å². The summed E-state index contributed by atoms with van der Waals surface area (Å²) in [6, 6.07) is 7.66. The van der Waals surface area contributed by atoms with Crippen LogP contribution < -0.4 is 5.32 Å². The molecule has 2 aromatic carbocycles. The zero-order valence-electron chi connectivity index (χ0n) is 10.6. The molecule has 3 N–H and O–H groups in total. The van der Waals surface area contributed by atoms with Crippen molar-refractivity contribution in [3.8, 4) is 11.5 Å². The highest BCUT2D eigenvalue weighted by molar-refractivity contribution is 9.10. The van der Waals surface area contributed by atoms with E-state index >= 15 is 0 Å². The van der Waals surface area contributed by atoms with Crippen LogP contribution in [0.25, 0.3) is 0 Å². The van der Waals surface area contributed by atoms with Gasteiger partial charge in [-0.3, -0.25) is 0 Å². The summed E-state index contributed by atoms with van der Waals surface area (Å²) >= 11 is 3.16. The first-order chi connectivity index (χ1) is 9.79. The smallest absolute Gasteiger partial charge is 0.416 e. The minimum atomic E-state index is -4.43. The van der Waals surface area contributed by atoms with E-state index in [1.165, 1.54) is 18.2 Å². The second kappa shape index (κ2) is 5.85. The molecule has 0 aliphatic heterocycles. The van der Waals surface area contributed by atoms with Gasteiger partial charge >= 0.3 is 6.18 Å². The number of hydrogen-bond acceptors (Lipinski definition) is 3. The van der Waals surface area contributed by atoms with E-state index in [0.29, 0.717) is 10.0 Å². The van der Waals surface area contributed by atoms with Gasteiger partial charge in [0.25, 0.3) is 0 Å². The number of aromatic hydroxyl groups is 2. The molecule has 21 heavy (non-hydrogen) atoms. The van der Waals surface area contributed by atoms with Crippen molar-refractivity contribution in [2.75, 3.05) is 5.32 Å². The fourth-order valence-electron chi connectivity index (χ4n) is 1.75. The average molecular weight is 362 g/mol. The number of rotatable bonds is 3. The van der Waals surface area contributed by atoms with Crippen LogP contribution in [-0.2, 0) is 12.7 Å². The van der Waals surface area contributed by atoms with Crippen molar-refractivity contribution in [1.29, 1.82) is 0 Å². The second-order valence-corrected chi connectivity index (χ2v) is 5.19. The lowest BCUT2D eigenvalue weighted by molar-refractivity contribution is -0.137. The summed E-state index contributed by atoms with van der Waals surface area (Å²) < 4.78 is 38.5. The molecule has 0 bridgehead atoms. The molecule has 0 unspecified atom stereocenters. The van der Waals surface area contributed by atoms with Crippen LogP contribution in [0.4, 0.5) is 18.9 Å². The standard InChI is InChI=1S/C14H11BrF3NO2/c15-10-5-4-9(14(16,17)18)6-11(10)19-7-8-2-1-3-12(20)13(8)21/h1-6,19-21H,7H2. The minimum absolute atomic E-state index is 0.0696. The summed E-state index contributed by atoms with van der Waals surface area (Å²) in [5.41, 5.74) is -0.153. The zero-order chi connectivity index (χ0) is 15.6. The Morgan fingerprint density at radius 2 is 1.81 bits per heavy atom. The molecule has 2 aromatic rings. The van der Waals surface area contributed by atoms with Crippen LogP contribution in [0, 0.1) is 0 Å². The number of anilines is 1. The molecule has 0 amide bonds. The van der Waals surface area contributed by atoms with Gasteiger partial charge < -0.3 is 15.5 Å². The first-order valence-electron chi connectivity index (χ1n) is 5.89. The zero-order valence-corrected chi connectivity index (χ0v) is 12.2. The van der Waals surface area contributed by atoms with Gasteiger partial charge in [-0.2, -0.15) is 13.2 Å². The van der Waals surface area contributed by atoms with Gasteiger partial charge in [0.05, 0.1) is 5.56 Å². The largest absolute Gasteiger partial charge is 0.504 e. The van der Waals surface area contributed by atoms with E-state index in [4.69, 9.17) is 0 Å². The van der Waals surface area contributed by atoms with Crippen LogP contribution in [-0.4, -0.2) is 10.2 Å².